The number of ether oxygens (including phenoxy) is 3. The Labute approximate surface area is 139 Å². The van der Waals surface area contributed by atoms with Crippen molar-refractivity contribution in [3.8, 4) is 23.0 Å². The number of phenolic OH excluding ortho intramolecular Hbond substituents is 2. The van der Waals surface area contributed by atoms with E-state index in [-0.39, 0.29) is 17.1 Å². The van der Waals surface area contributed by atoms with E-state index in [0.717, 1.165) is 0 Å². The van der Waals surface area contributed by atoms with Crippen molar-refractivity contribution in [1.29, 1.82) is 0 Å². The van der Waals surface area contributed by atoms with Crippen LogP contribution in [0.3, 0.4) is 0 Å². The van der Waals surface area contributed by atoms with Crippen molar-refractivity contribution in [2.45, 2.75) is 0 Å². The Hall–Kier alpha value is -3.15. The van der Waals surface area contributed by atoms with Crippen LogP contribution in [0, 0.1) is 0 Å². The lowest BCUT2D eigenvalue weighted by molar-refractivity contribution is 0.0597. The van der Waals surface area contributed by atoms with Crippen LogP contribution in [0.5, 0.6) is 23.0 Å². The highest BCUT2D eigenvalue weighted by molar-refractivity contribution is 5.98. The smallest absolute Gasteiger partial charge is 0.342 e. The fraction of sp³-hybridized carbons (Fsp3) is 0.167. The summed E-state index contributed by atoms with van der Waals surface area (Å²) in [5, 5.41) is 19.2. The summed E-state index contributed by atoms with van der Waals surface area (Å²) in [6.07, 6.45) is 3.23. The Morgan fingerprint density at radius 3 is 2.25 bits per heavy atom. The van der Waals surface area contributed by atoms with Gasteiger partial charge in [0.1, 0.15) is 28.6 Å². The summed E-state index contributed by atoms with van der Waals surface area (Å²) in [5.74, 6) is 0.151. The number of phenols is 2. The van der Waals surface area contributed by atoms with Crippen molar-refractivity contribution in [2.24, 2.45) is 0 Å². The Morgan fingerprint density at radius 2 is 1.67 bits per heavy atom. The number of hydrogen-bond acceptors (Lipinski definition) is 6. The lowest BCUT2D eigenvalue weighted by Crippen LogP contribution is -2.07. The molecule has 2 rings (SSSR count). The molecule has 0 fully saturated rings. The van der Waals surface area contributed by atoms with Gasteiger partial charge in [-0.2, -0.15) is 0 Å². The summed E-state index contributed by atoms with van der Waals surface area (Å²) in [5.41, 5.74) is 1.23. The molecule has 0 aliphatic rings. The first-order chi connectivity index (χ1) is 11.5. The first kappa shape index (κ1) is 17.2. The number of methoxy groups -OCH3 is 3. The van der Waals surface area contributed by atoms with Crippen molar-refractivity contribution in [3.63, 3.8) is 0 Å². The molecule has 0 spiro atoms. The average molecular weight is 330 g/mol. The second kappa shape index (κ2) is 7.41. The lowest BCUT2D eigenvalue weighted by atomic mass is 10.0. The monoisotopic (exact) mass is 330 g/mol. The lowest BCUT2D eigenvalue weighted by Gasteiger charge is -2.12. The van der Waals surface area contributed by atoms with Crippen LogP contribution in [0.2, 0.25) is 0 Å². The minimum absolute atomic E-state index is 0.0389. The molecule has 0 aromatic heterocycles. The maximum Gasteiger partial charge on any atom is 0.342 e. The van der Waals surface area contributed by atoms with Crippen LogP contribution < -0.4 is 9.47 Å². The van der Waals surface area contributed by atoms with Gasteiger partial charge < -0.3 is 24.4 Å². The molecule has 24 heavy (non-hydrogen) atoms. The Kier molecular flexibility index (Phi) is 5.31. The molecule has 2 aromatic carbocycles. The largest absolute Gasteiger partial charge is 0.508 e. The van der Waals surface area contributed by atoms with Gasteiger partial charge in [0.2, 0.25) is 0 Å². The fourth-order valence-corrected chi connectivity index (χ4v) is 2.19. The number of rotatable bonds is 5. The third-order valence-corrected chi connectivity index (χ3v) is 3.41. The first-order valence-corrected chi connectivity index (χ1v) is 7.04. The minimum Gasteiger partial charge on any atom is -0.508 e. The number of carbonyl (C=O) groups is 1. The van der Waals surface area contributed by atoms with Crippen LogP contribution in [0.15, 0.2) is 30.3 Å². The van der Waals surface area contributed by atoms with Gasteiger partial charge >= 0.3 is 5.97 Å². The quantitative estimate of drug-likeness (QED) is 0.647. The maximum atomic E-state index is 12.1. The molecule has 0 saturated carbocycles. The fourth-order valence-electron chi connectivity index (χ4n) is 2.19. The van der Waals surface area contributed by atoms with E-state index in [9.17, 15) is 15.0 Å². The normalized spacial score (nSPS) is 10.6. The molecule has 0 radical (unpaired) electrons. The molecule has 6 nitrogen and oxygen atoms in total. The predicted molar refractivity (Wildman–Crippen MR) is 89.6 cm³/mol. The Balaban J connectivity index is 2.54. The molecule has 0 heterocycles. The number of hydrogen-bond donors (Lipinski definition) is 2. The molecule has 6 heteroatoms. The van der Waals surface area contributed by atoms with Gasteiger partial charge in [0, 0.05) is 17.7 Å². The van der Waals surface area contributed by atoms with E-state index in [0.29, 0.717) is 22.6 Å². The summed E-state index contributed by atoms with van der Waals surface area (Å²) in [6, 6.07) is 7.47. The summed E-state index contributed by atoms with van der Waals surface area (Å²) in [4.78, 5) is 12.1. The maximum absolute atomic E-state index is 12.1. The van der Waals surface area contributed by atoms with E-state index in [4.69, 9.17) is 14.2 Å². The van der Waals surface area contributed by atoms with Crippen LogP contribution in [0.4, 0.5) is 0 Å². The van der Waals surface area contributed by atoms with Crippen LogP contribution in [-0.2, 0) is 4.74 Å². The van der Waals surface area contributed by atoms with Crippen LogP contribution in [0.25, 0.3) is 12.2 Å². The molecule has 126 valence electrons. The molecule has 0 aliphatic heterocycles. The highest BCUT2D eigenvalue weighted by Crippen LogP contribution is 2.31. The van der Waals surface area contributed by atoms with E-state index in [1.54, 1.807) is 30.4 Å². The predicted octanol–water partition coefficient (Wildman–Crippen LogP) is 3.07. The van der Waals surface area contributed by atoms with Crippen molar-refractivity contribution < 1.29 is 29.2 Å². The van der Waals surface area contributed by atoms with Crippen molar-refractivity contribution in [3.05, 3.63) is 47.0 Å². The van der Waals surface area contributed by atoms with Crippen LogP contribution in [-0.4, -0.2) is 37.5 Å². The van der Waals surface area contributed by atoms with E-state index < -0.39 is 5.97 Å². The summed E-state index contributed by atoms with van der Waals surface area (Å²) in [7, 11) is 4.23. The number of benzene rings is 2. The van der Waals surface area contributed by atoms with Gasteiger partial charge in [-0.15, -0.1) is 0 Å². The highest BCUT2D eigenvalue weighted by atomic mass is 16.5. The summed E-state index contributed by atoms with van der Waals surface area (Å²) < 4.78 is 15.3. The first-order valence-electron chi connectivity index (χ1n) is 7.04. The van der Waals surface area contributed by atoms with Gasteiger partial charge in [0.15, 0.2) is 0 Å². The molecular formula is C18H18O6. The molecule has 0 atom stereocenters. The van der Waals surface area contributed by atoms with Gasteiger partial charge in [-0.3, -0.25) is 0 Å². The van der Waals surface area contributed by atoms with E-state index >= 15 is 0 Å². The second-order valence-electron chi connectivity index (χ2n) is 4.86. The second-order valence-corrected chi connectivity index (χ2v) is 4.86. The molecule has 2 N–H and O–H groups in total. The SMILES string of the molecule is COC(=O)c1c(/C=C\c2ccc(O)cc2O)cc(OC)cc1OC. The van der Waals surface area contributed by atoms with Crippen LogP contribution >= 0.6 is 0 Å². The van der Waals surface area contributed by atoms with Crippen molar-refractivity contribution >= 4 is 18.1 Å². The van der Waals surface area contributed by atoms with Gasteiger partial charge in [-0.05, 0) is 23.8 Å². The standard InChI is InChI=1S/C18H18O6/c1-22-14-8-12(17(18(21)24-3)16(10-14)23-2)5-4-11-6-7-13(19)9-15(11)20/h4-10,19-20H,1-3H3/b5-4-. The molecule has 0 bridgehead atoms. The van der Waals surface area contributed by atoms with Crippen LogP contribution in [0.1, 0.15) is 21.5 Å². The molecule has 0 unspecified atom stereocenters. The molecular weight excluding hydrogens is 312 g/mol. The zero-order chi connectivity index (χ0) is 17.7. The van der Waals surface area contributed by atoms with Gasteiger partial charge in [-0.25, -0.2) is 4.79 Å². The molecule has 0 amide bonds. The zero-order valence-electron chi connectivity index (χ0n) is 13.6. The molecule has 0 aliphatic carbocycles. The molecule has 0 saturated heterocycles. The van der Waals surface area contributed by atoms with E-state index in [1.807, 2.05) is 0 Å². The number of carbonyl (C=O) groups excluding carboxylic acids is 1. The van der Waals surface area contributed by atoms with Crippen molar-refractivity contribution in [2.75, 3.05) is 21.3 Å². The number of esters is 1. The zero-order valence-corrected chi connectivity index (χ0v) is 13.6. The Bertz CT molecular complexity index is 779. The summed E-state index contributed by atoms with van der Waals surface area (Å²) in [6.45, 7) is 0. The van der Waals surface area contributed by atoms with E-state index in [2.05, 4.69) is 0 Å². The highest BCUT2D eigenvalue weighted by Gasteiger charge is 2.18. The third-order valence-electron chi connectivity index (χ3n) is 3.41. The summed E-state index contributed by atoms with van der Waals surface area (Å²) >= 11 is 0. The average Bonchev–Trinajstić information content (AvgIpc) is 2.59. The van der Waals surface area contributed by atoms with Gasteiger partial charge in [-0.1, -0.05) is 12.2 Å². The topological polar surface area (TPSA) is 85.2 Å². The Morgan fingerprint density at radius 1 is 0.958 bits per heavy atom. The minimum atomic E-state index is -0.552. The third kappa shape index (κ3) is 3.60. The van der Waals surface area contributed by atoms with E-state index in [1.165, 1.54) is 33.5 Å². The van der Waals surface area contributed by atoms with Gasteiger partial charge in [0.25, 0.3) is 0 Å². The number of aromatic hydroxyl groups is 2. The van der Waals surface area contributed by atoms with Gasteiger partial charge in [0.05, 0.1) is 21.3 Å². The van der Waals surface area contributed by atoms with Crippen molar-refractivity contribution in [1.82, 2.24) is 0 Å². The molecule has 2 aromatic rings.